The molecule has 0 radical (unpaired) electrons. The predicted octanol–water partition coefficient (Wildman–Crippen LogP) is 2.76. The van der Waals surface area contributed by atoms with Crippen LogP contribution in [0.4, 0.5) is 26.3 Å². The van der Waals surface area contributed by atoms with Crippen molar-refractivity contribution in [2.24, 2.45) is 5.92 Å². The first-order valence-electron chi connectivity index (χ1n) is 8.49. The predicted molar refractivity (Wildman–Crippen MR) is 88.7 cm³/mol. The number of carbonyl (C=O) groups is 1. The van der Waals surface area contributed by atoms with E-state index in [9.17, 15) is 36.2 Å². The Bertz CT molecular complexity index is 598. The van der Waals surface area contributed by atoms with Crippen LogP contribution >= 0.6 is 22.6 Å². The summed E-state index contributed by atoms with van der Waals surface area (Å²) >= 11 is 1.64. The summed E-state index contributed by atoms with van der Waals surface area (Å²) in [5.74, 6) is -2.47. The maximum atomic E-state index is 13.4. The minimum atomic E-state index is -6.05. The molecular formula is C15H19F6IN2O3. The number of hydrogen-bond acceptors (Lipinski definition) is 5. The number of esters is 1. The van der Waals surface area contributed by atoms with Crippen molar-refractivity contribution in [2.75, 3.05) is 0 Å². The first-order chi connectivity index (χ1) is 12.2. The Hall–Kier alpha value is -0.340. The Morgan fingerprint density at radius 3 is 1.93 bits per heavy atom. The van der Waals surface area contributed by atoms with Gasteiger partial charge in [-0.05, 0) is 25.7 Å². The normalized spacial score (nSPS) is 32.3. The third kappa shape index (κ3) is 3.23. The molecule has 3 fully saturated rings. The van der Waals surface area contributed by atoms with Crippen molar-refractivity contribution in [1.29, 1.82) is 0 Å². The van der Waals surface area contributed by atoms with Crippen molar-refractivity contribution >= 4 is 28.6 Å². The molecule has 0 aromatic heterocycles. The zero-order chi connectivity index (χ0) is 20.5. The van der Waals surface area contributed by atoms with Crippen LogP contribution in [0.15, 0.2) is 0 Å². The molecule has 0 amide bonds. The van der Waals surface area contributed by atoms with Gasteiger partial charge in [0.05, 0.1) is 6.17 Å². The van der Waals surface area contributed by atoms with E-state index < -0.39 is 45.0 Å². The van der Waals surface area contributed by atoms with Gasteiger partial charge in [-0.15, -0.1) is 0 Å². The molecule has 3 N–H and O–H groups in total. The van der Waals surface area contributed by atoms with Gasteiger partial charge in [0.2, 0.25) is 0 Å². The third-order valence-electron chi connectivity index (χ3n) is 5.72. The molecule has 156 valence electrons. The van der Waals surface area contributed by atoms with Gasteiger partial charge < -0.3 is 9.84 Å². The monoisotopic (exact) mass is 516 g/mol. The molecule has 2 unspecified atom stereocenters. The van der Waals surface area contributed by atoms with Gasteiger partial charge in [0, 0.05) is 0 Å². The fraction of sp³-hybridized carbons (Fsp3) is 0.933. The van der Waals surface area contributed by atoms with Crippen LogP contribution in [-0.2, 0) is 9.53 Å². The summed E-state index contributed by atoms with van der Waals surface area (Å²) in [5.41, 5.74) is -6.01. The zero-order valence-electron chi connectivity index (χ0n) is 14.2. The molecule has 1 aliphatic carbocycles. The lowest BCUT2D eigenvalue weighted by Gasteiger charge is -2.43. The standard InChI is InChI=1S/C15H19F6IN2O3/c1-11(22,13-9(23-13)24-13)10(25)27-8(7-5-3-2-4-6-7)12(26,14(16,17)18)15(19,20)21/h7-9,23-24,26H,2-6H2,1H3. The van der Waals surface area contributed by atoms with Gasteiger partial charge >= 0.3 is 18.3 Å². The molecule has 1 saturated carbocycles. The summed E-state index contributed by atoms with van der Waals surface area (Å²) < 4.78 is 83.9. The van der Waals surface area contributed by atoms with Crippen LogP contribution in [0.2, 0.25) is 0 Å². The Kier molecular flexibility index (Phi) is 5.01. The number of nitrogens with one attached hydrogen (secondary N) is 2. The number of fused-ring (bicyclic) bond motifs is 1. The Morgan fingerprint density at radius 1 is 1.11 bits per heavy atom. The van der Waals surface area contributed by atoms with Crippen LogP contribution in [-0.4, -0.2) is 50.4 Å². The zero-order valence-corrected chi connectivity index (χ0v) is 16.3. The maximum absolute atomic E-state index is 13.4. The first kappa shape index (κ1) is 21.4. The Labute approximate surface area is 164 Å². The van der Waals surface area contributed by atoms with Gasteiger partial charge in [-0.1, -0.05) is 41.9 Å². The molecule has 2 atom stereocenters. The number of alkyl halides is 7. The van der Waals surface area contributed by atoms with Gasteiger partial charge in [-0.3, -0.25) is 15.4 Å². The number of halogens is 7. The van der Waals surface area contributed by atoms with E-state index in [0.717, 1.165) is 0 Å². The molecule has 0 spiro atoms. The summed E-state index contributed by atoms with van der Waals surface area (Å²) in [6.07, 6.45) is -13.6. The minimum absolute atomic E-state index is 0.00858. The molecule has 5 nitrogen and oxygen atoms in total. The fourth-order valence-electron chi connectivity index (χ4n) is 3.74. The quantitative estimate of drug-likeness (QED) is 0.172. The van der Waals surface area contributed by atoms with Crippen LogP contribution in [0.3, 0.4) is 0 Å². The molecule has 2 saturated heterocycles. The van der Waals surface area contributed by atoms with E-state index in [0.29, 0.717) is 19.3 Å². The summed E-state index contributed by atoms with van der Waals surface area (Å²) in [6.45, 7) is 1.36. The van der Waals surface area contributed by atoms with Crippen molar-refractivity contribution in [3.63, 3.8) is 0 Å². The smallest absolute Gasteiger partial charge is 0.430 e. The highest BCUT2D eigenvalue weighted by Crippen LogP contribution is 2.54. The average molecular weight is 516 g/mol. The molecular weight excluding hydrogens is 497 g/mol. The molecule has 3 rings (SSSR count). The van der Waals surface area contributed by atoms with E-state index in [2.05, 4.69) is 10.6 Å². The van der Waals surface area contributed by atoms with E-state index in [1.165, 1.54) is 6.92 Å². The van der Waals surface area contributed by atoms with Crippen molar-refractivity contribution in [2.45, 2.75) is 78.3 Å². The Morgan fingerprint density at radius 2 is 1.56 bits per heavy atom. The molecule has 27 heavy (non-hydrogen) atoms. The summed E-state index contributed by atoms with van der Waals surface area (Å²) in [5, 5.41) is 15.6. The molecule has 0 aromatic rings. The number of carbonyl (C=O) groups excluding carboxylic acids is 1. The SMILES string of the molecule is CC(I)(C(=O)OC(C1CCCCC1)C(O)(C(F)(F)F)C(F)(F)F)C12NC1N2. The van der Waals surface area contributed by atoms with E-state index in [1.807, 2.05) is 0 Å². The second-order valence-corrected chi connectivity index (χ2v) is 9.68. The molecule has 2 heterocycles. The molecule has 2 aliphatic heterocycles. The van der Waals surface area contributed by atoms with Crippen LogP contribution in [0.1, 0.15) is 39.0 Å². The summed E-state index contributed by atoms with van der Waals surface area (Å²) in [6, 6.07) is 0. The van der Waals surface area contributed by atoms with Crippen molar-refractivity contribution < 1.29 is 41.0 Å². The lowest BCUT2D eigenvalue weighted by Crippen LogP contribution is -2.68. The first-order valence-corrected chi connectivity index (χ1v) is 9.57. The van der Waals surface area contributed by atoms with E-state index >= 15 is 0 Å². The number of rotatable bonds is 5. The number of hydrogen-bond donors (Lipinski definition) is 3. The second-order valence-electron chi connectivity index (χ2n) is 7.52. The lowest BCUT2D eigenvalue weighted by molar-refractivity contribution is -0.396. The number of aliphatic hydroxyl groups is 1. The summed E-state index contributed by atoms with van der Waals surface area (Å²) in [4.78, 5) is 12.6. The largest absolute Gasteiger partial charge is 0.457 e. The van der Waals surface area contributed by atoms with E-state index in [1.54, 1.807) is 22.6 Å². The van der Waals surface area contributed by atoms with Crippen LogP contribution in [0.25, 0.3) is 0 Å². The lowest BCUT2D eigenvalue weighted by atomic mass is 9.77. The third-order valence-corrected chi connectivity index (χ3v) is 7.01. The van der Waals surface area contributed by atoms with Crippen molar-refractivity contribution in [3.05, 3.63) is 0 Å². The van der Waals surface area contributed by atoms with Gasteiger partial charge in [-0.25, -0.2) is 0 Å². The molecule has 12 heteroatoms. The molecule has 3 aliphatic rings. The Balaban J connectivity index is 1.94. The van der Waals surface area contributed by atoms with Gasteiger partial charge in [0.25, 0.3) is 5.60 Å². The maximum Gasteiger partial charge on any atom is 0.430 e. The number of ether oxygens (including phenoxy) is 1. The fourth-order valence-corrected chi connectivity index (χ4v) is 4.49. The average Bonchev–Trinajstić information content (AvgIpc) is 3.40. The van der Waals surface area contributed by atoms with E-state index in [4.69, 9.17) is 4.74 Å². The van der Waals surface area contributed by atoms with E-state index in [-0.39, 0.29) is 19.0 Å². The van der Waals surface area contributed by atoms with Crippen LogP contribution < -0.4 is 10.6 Å². The highest BCUT2D eigenvalue weighted by Gasteiger charge is 2.82. The highest BCUT2D eigenvalue weighted by molar-refractivity contribution is 14.1. The summed E-state index contributed by atoms with van der Waals surface area (Å²) in [7, 11) is 0. The van der Waals surface area contributed by atoms with Crippen molar-refractivity contribution in [3.8, 4) is 0 Å². The molecule has 0 bridgehead atoms. The van der Waals surface area contributed by atoms with Crippen LogP contribution in [0.5, 0.6) is 0 Å². The van der Waals surface area contributed by atoms with Crippen molar-refractivity contribution in [1.82, 2.24) is 10.6 Å². The molecule has 0 aromatic carbocycles. The van der Waals surface area contributed by atoms with Gasteiger partial charge in [0.15, 0.2) is 9.53 Å². The van der Waals surface area contributed by atoms with Crippen LogP contribution in [0, 0.1) is 5.92 Å². The van der Waals surface area contributed by atoms with Gasteiger partial charge in [0.1, 0.15) is 5.66 Å². The topological polar surface area (TPSA) is 90.4 Å². The second kappa shape index (κ2) is 6.33. The van der Waals surface area contributed by atoms with Gasteiger partial charge in [-0.2, -0.15) is 26.3 Å². The highest BCUT2D eigenvalue weighted by atomic mass is 127. The minimum Gasteiger partial charge on any atom is -0.457 e.